The van der Waals surface area contributed by atoms with Gasteiger partial charge in [0.15, 0.2) is 0 Å². The lowest BCUT2D eigenvalue weighted by Crippen LogP contribution is -1.99. The Morgan fingerprint density at radius 3 is 2.27 bits per heavy atom. The van der Waals surface area contributed by atoms with Gasteiger partial charge in [0.1, 0.15) is 0 Å². The third kappa shape index (κ3) is 1.33. The molecule has 0 heterocycles. The zero-order valence-electron chi connectivity index (χ0n) is 6.61. The second-order valence-corrected chi connectivity index (χ2v) is 3.47. The number of hydrogen-bond donors (Lipinski definition) is 2. The van der Waals surface area contributed by atoms with E-state index in [-0.39, 0.29) is 0 Å². The summed E-state index contributed by atoms with van der Waals surface area (Å²) in [7, 11) is 0. The number of halogens is 1. The van der Waals surface area contributed by atoms with Gasteiger partial charge in [-0.2, -0.15) is 0 Å². The molecule has 0 atom stereocenters. The number of nitrogen functional groups attached to an aromatic ring is 2. The minimum absolute atomic E-state index is 0.639. The van der Waals surface area contributed by atoms with Gasteiger partial charge in [0.25, 0.3) is 0 Å². The lowest BCUT2D eigenvalue weighted by atomic mass is 10.1. The van der Waals surface area contributed by atoms with Gasteiger partial charge in [0.05, 0.1) is 11.4 Å². The molecular formula is C8H11BrN2. The summed E-state index contributed by atoms with van der Waals surface area (Å²) < 4.78 is 1.02. The van der Waals surface area contributed by atoms with Crippen LogP contribution in [0.4, 0.5) is 11.4 Å². The molecule has 0 radical (unpaired) electrons. The maximum absolute atomic E-state index is 5.71. The fraction of sp³-hybridized carbons (Fsp3) is 0.250. The predicted molar refractivity (Wildman–Crippen MR) is 52.4 cm³/mol. The van der Waals surface area contributed by atoms with Crippen LogP contribution in [0, 0.1) is 13.8 Å². The van der Waals surface area contributed by atoms with Crippen molar-refractivity contribution in [3.8, 4) is 0 Å². The van der Waals surface area contributed by atoms with Gasteiger partial charge in [0.2, 0.25) is 0 Å². The molecule has 1 rings (SSSR count). The van der Waals surface area contributed by atoms with E-state index in [1.54, 1.807) is 0 Å². The Morgan fingerprint density at radius 1 is 1.18 bits per heavy atom. The molecule has 0 bridgehead atoms. The number of anilines is 2. The van der Waals surface area contributed by atoms with Crippen molar-refractivity contribution in [2.75, 3.05) is 11.5 Å². The molecule has 0 saturated heterocycles. The summed E-state index contributed by atoms with van der Waals surface area (Å²) in [6.45, 7) is 3.97. The molecule has 1 aromatic carbocycles. The van der Waals surface area contributed by atoms with Crippen molar-refractivity contribution < 1.29 is 0 Å². The van der Waals surface area contributed by atoms with E-state index in [1.807, 2.05) is 19.9 Å². The normalized spacial score (nSPS) is 10.1. The number of hydrogen-bond acceptors (Lipinski definition) is 2. The van der Waals surface area contributed by atoms with Crippen LogP contribution in [0.5, 0.6) is 0 Å². The standard InChI is InChI=1S/C8H11BrN2/c1-4-5(2)8(11)7(10)3-6(4)9/h3H,10-11H2,1-2H3. The molecule has 0 saturated carbocycles. The molecule has 1 aromatic rings. The van der Waals surface area contributed by atoms with Gasteiger partial charge in [0, 0.05) is 4.47 Å². The summed E-state index contributed by atoms with van der Waals surface area (Å²) in [6.07, 6.45) is 0. The van der Waals surface area contributed by atoms with Crippen molar-refractivity contribution in [2.45, 2.75) is 13.8 Å². The average molecular weight is 215 g/mol. The summed E-state index contributed by atoms with van der Waals surface area (Å²) in [5, 5.41) is 0. The van der Waals surface area contributed by atoms with Crippen LogP contribution in [0.15, 0.2) is 10.5 Å². The van der Waals surface area contributed by atoms with Crippen molar-refractivity contribution in [3.05, 3.63) is 21.7 Å². The fourth-order valence-corrected chi connectivity index (χ4v) is 1.46. The Morgan fingerprint density at radius 2 is 1.73 bits per heavy atom. The molecule has 0 unspecified atom stereocenters. The lowest BCUT2D eigenvalue weighted by Gasteiger charge is -2.08. The van der Waals surface area contributed by atoms with Crippen molar-refractivity contribution >= 4 is 27.3 Å². The molecule has 60 valence electrons. The summed E-state index contributed by atoms with van der Waals surface area (Å²) in [5.74, 6) is 0. The van der Waals surface area contributed by atoms with Crippen molar-refractivity contribution in [3.63, 3.8) is 0 Å². The Bertz CT molecular complexity index is 268. The summed E-state index contributed by atoms with van der Waals surface area (Å²) in [5.41, 5.74) is 14.9. The zero-order valence-corrected chi connectivity index (χ0v) is 8.20. The first kappa shape index (κ1) is 8.40. The second kappa shape index (κ2) is 2.74. The Labute approximate surface area is 74.7 Å². The van der Waals surface area contributed by atoms with Crippen LogP contribution < -0.4 is 11.5 Å². The minimum Gasteiger partial charge on any atom is -0.397 e. The van der Waals surface area contributed by atoms with E-state index in [0.29, 0.717) is 11.4 Å². The van der Waals surface area contributed by atoms with Gasteiger partial charge in [-0.05, 0) is 31.0 Å². The molecule has 4 N–H and O–H groups in total. The van der Waals surface area contributed by atoms with Crippen LogP contribution in [0.1, 0.15) is 11.1 Å². The summed E-state index contributed by atoms with van der Waals surface area (Å²) in [6, 6.07) is 1.83. The molecular weight excluding hydrogens is 204 g/mol. The fourth-order valence-electron chi connectivity index (χ4n) is 0.920. The third-order valence-electron chi connectivity index (χ3n) is 1.92. The zero-order chi connectivity index (χ0) is 8.59. The van der Waals surface area contributed by atoms with E-state index >= 15 is 0 Å². The molecule has 0 aliphatic rings. The van der Waals surface area contributed by atoms with Crippen LogP contribution in [0.25, 0.3) is 0 Å². The first-order chi connectivity index (χ1) is 5.04. The van der Waals surface area contributed by atoms with Crippen molar-refractivity contribution in [1.29, 1.82) is 0 Å². The van der Waals surface area contributed by atoms with E-state index in [4.69, 9.17) is 11.5 Å². The van der Waals surface area contributed by atoms with E-state index < -0.39 is 0 Å². The van der Waals surface area contributed by atoms with Gasteiger partial charge in [-0.15, -0.1) is 0 Å². The second-order valence-electron chi connectivity index (χ2n) is 2.61. The summed E-state index contributed by atoms with van der Waals surface area (Å²) in [4.78, 5) is 0. The molecule has 0 aromatic heterocycles. The van der Waals surface area contributed by atoms with Crippen molar-refractivity contribution in [2.24, 2.45) is 0 Å². The van der Waals surface area contributed by atoms with Crippen LogP contribution in [-0.2, 0) is 0 Å². The van der Waals surface area contributed by atoms with Gasteiger partial charge in [-0.1, -0.05) is 15.9 Å². The SMILES string of the molecule is Cc1c(Br)cc(N)c(N)c1C. The van der Waals surface area contributed by atoms with E-state index in [1.165, 1.54) is 0 Å². The minimum atomic E-state index is 0.639. The average Bonchev–Trinajstić information content (AvgIpc) is 1.97. The van der Waals surface area contributed by atoms with Crippen molar-refractivity contribution in [1.82, 2.24) is 0 Å². The maximum atomic E-state index is 5.71. The number of rotatable bonds is 0. The molecule has 0 aliphatic carbocycles. The predicted octanol–water partition coefficient (Wildman–Crippen LogP) is 2.23. The Hall–Kier alpha value is -0.700. The molecule has 2 nitrogen and oxygen atoms in total. The highest BCUT2D eigenvalue weighted by molar-refractivity contribution is 9.10. The lowest BCUT2D eigenvalue weighted by molar-refractivity contribution is 1.32. The smallest absolute Gasteiger partial charge is 0.0580 e. The van der Waals surface area contributed by atoms with Gasteiger partial charge < -0.3 is 11.5 Å². The van der Waals surface area contributed by atoms with E-state index in [0.717, 1.165) is 15.6 Å². The van der Waals surface area contributed by atoms with Gasteiger partial charge in [-0.25, -0.2) is 0 Å². The van der Waals surface area contributed by atoms with E-state index in [2.05, 4.69) is 15.9 Å². The van der Waals surface area contributed by atoms with Crippen LogP contribution >= 0.6 is 15.9 Å². The quantitative estimate of drug-likeness (QED) is 0.652. The van der Waals surface area contributed by atoms with Crippen LogP contribution in [0.2, 0.25) is 0 Å². The highest BCUT2D eigenvalue weighted by atomic mass is 79.9. The first-order valence-electron chi connectivity index (χ1n) is 3.34. The van der Waals surface area contributed by atoms with E-state index in [9.17, 15) is 0 Å². The Balaban J connectivity index is 3.46. The third-order valence-corrected chi connectivity index (χ3v) is 2.74. The largest absolute Gasteiger partial charge is 0.397 e. The van der Waals surface area contributed by atoms with Crippen LogP contribution in [-0.4, -0.2) is 0 Å². The number of nitrogens with two attached hydrogens (primary N) is 2. The van der Waals surface area contributed by atoms with Gasteiger partial charge >= 0.3 is 0 Å². The highest BCUT2D eigenvalue weighted by Crippen LogP contribution is 2.29. The molecule has 3 heteroatoms. The molecule has 0 aliphatic heterocycles. The number of benzene rings is 1. The molecule has 0 fully saturated rings. The van der Waals surface area contributed by atoms with Gasteiger partial charge in [-0.3, -0.25) is 0 Å². The maximum Gasteiger partial charge on any atom is 0.0580 e. The molecule has 0 amide bonds. The van der Waals surface area contributed by atoms with Crippen LogP contribution in [0.3, 0.4) is 0 Å². The molecule has 0 spiro atoms. The summed E-state index contributed by atoms with van der Waals surface area (Å²) >= 11 is 3.40. The Kier molecular flexibility index (Phi) is 2.09. The topological polar surface area (TPSA) is 52.0 Å². The highest BCUT2D eigenvalue weighted by Gasteiger charge is 2.04. The molecule has 11 heavy (non-hydrogen) atoms. The monoisotopic (exact) mass is 214 g/mol. The first-order valence-corrected chi connectivity index (χ1v) is 4.14.